The Balaban J connectivity index is 4.81. The Kier molecular flexibility index (Phi) is 5.04. The molecule has 0 saturated carbocycles. The van der Waals surface area contributed by atoms with Crippen molar-refractivity contribution in [2.45, 2.75) is 19.4 Å². The van der Waals surface area contributed by atoms with Crippen molar-refractivity contribution < 1.29 is 10.1 Å². The zero-order chi connectivity index (χ0) is 10.3. The molecule has 0 saturated heterocycles. The highest BCUT2D eigenvalue weighted by Gasteiger charge is 2.21. The van der Waals surface area contributed by atoms with Crippen LogP contribution in [0.3, 0.4) is 0 Å². The molecule has 0 aliphatic carbocycles. The highest BCUT2D eigenvalue weighted by atomic mass is 17.1. The predicted octanol–water partition coefficient (Wildman–Crippen LogP) is 3.11. The van der Waals surface area contributed by atoms with Crippen molar-refractivity contribution >= 4 is 0 Å². The van der Waals surface area contributed by atoms with Gasteiger partial charge in [0.2, 0.25) is 0 Å². The van der Waals surface area contributed by atoms with E-state index in [1.54, 1.807) is 38.2 Å². The summed E-state index contributed by atoms with van der Waals surface area (Å²) in [5, 5.41) is 8.66. The Morgan fingerprint density at radius 2 is 1.92 bits per heavy atom. The van der Waals surface area contributed by atoms with Crippen molar-refractivity contribution in [2.24, 2.45) is 0 Å². The number of hydrogen-bond donors (Lipinski definition) is 1. The van der Waals surface area contributed by atoms with Gasteiger partial charge in [-0.25, -0.2) is 4.89 Å². The number of rotatable bonds is 5. The zero-order valence-corrected chi connectivity index (χ0v) is 8.16. The molecule has 0 rings (SSSR count). The van der Waals surface area contributed by atoms with Crippen LogP contribution in [-0.4, -0.2) is 10.9 Å². The van der Waals surface area contributed by atoms with E-state index in [9.17, 15) is 0 Å². The van der Waals surface area contributed by atoms with Crippen LogP contribution in [-0.2, 0) is 4.89 Å². The minimum Gasteiger partial charge on any atom is -0.251 e. The Bertz CT molecular complexity index is 234. The summed E-state index contributed by atoms with van der Waals surface area (Å²) < 4.78 is 0. The third kappa shape index (κ3) is 3.87. The van der Waals surface area contributed by atoms with E-state index in [0.717, 1.165) is 5.57 Å². The first-order chi connectivity index (χ1) is 6.08. The zero-order valence-electron chi connectivity index (χ0n) is 8.16. The van der Waals surface area contributed by atoms with Crippen LogP contribution in [0.1, 0.15) is 13.8 Å². The molecular formula is C11H16O2. The highest BCUT2D eigenvalue weighted by Crippen LogP contribution is 2.20. The average Bonchev–Trinajstić information content (AvgIpc) is 2.12. The van der Waals surface area contributed by atoms with Crippen molar-refractivity contribution in [1.29, 1.82) is 0 Å². The molecule has 0 atom stereocenters. The van der Waals surface area contributed by atoms with Crippen LogP contribution >= 0.6 is 0 Å². The van der Waals surface area contributed by atoms with Gasteiger partial charge in [-0.05, 0) is 19.4 Å². The van der Waals surface area contributed by atoms with Gasteiger partial charge in [-0.15, -0.1) is 0 Å². The molecule has 0 heterocycles. The molecule has 72 valence electrons. The van der Waals surface area contributed by atoms with E-state index < -0.39 is 5.60 Å². The van der Waals surface area contributed by atoms with E-state index in [1.807, 2.05) is 6.08 Å². The Labute approximate surface area is 79.5 Å². The first-order valence-electron chi connectivity index (χ1n) is 4.03. The van der Waals surface area contributed by atoms with Gasteiger partial charge in [0.1, 0.15) is 5.60 Å². The molecule has 0 unspecified atom stereocenters. The van der Waals surface area contributed by atoms with Gasteiger partial charge in [-0.1, -0.05) is 43.5 Å². The smallest absolute Gasteiger partial charge is 0.123 e. The molecule has 0 amide bonds. The topological polar surface area (TPSA) is 29.5 Å². The lowest BCUT2D eigenvalue weighted by molar-refractivity contribution is -0.299. The minimum absolute atomic E-state index is 0.728. The fraction of sp³-hybridized carbons (Fsp3) is 0.273. The number of allylic oxidation sites excluding steroid dienone is 4. The van der Waals surface area contributed by atoms with Crippen molar-refractivity contribution in [3.63, 3.8) is 0 Å². The summed E-state index contributed by atoms with van der Waals surface area (Å²) in [5.74, 6) is 0. The summed E-state index contributed by atoms with van der Waals surface area (Å²) in [7, 11) is 0. The molecule has 0 fully saturated rings. The monoisotopic (exact) mass is 180 g/mol. The molecule has 0 radical (unpaired) electrons. The molecule has 0 aromatic carbocycles. The molecule has 0 aliphatic rings. The summed E-state index contributed by atoms with van der Waals surface area (Å²) in [5.41, 5.74) is 0.0955. The van der Waals surface area contributed by atoms with Gasteiger partial charge in [0, 0.05) is 0 Å². The van der Waals surface area contributed by atoms with E-state index in [-0.39, 0.29) is 0 Å². The normalized spacial score (nSPS) is 13.3. The maximum Gasteiger partial charge on any atom is 0.123 e. The van der Waals surface area contributed by atoms with Crippen LogP contribution in [0.25, 0.3) is 0 Å². The summed E-state index contributed by atoms with van der Waals surface area (Å²) in [6.45, 7) is 10.7. The minimum atomic E-state index is -0.728. The first kappa shape index (κ1) is 11.9. The maximum absolute atomic E-state index is 8.66. The van der Waals surface area contributed by atoms with Gasteiger partial charge in [-0.3, -0.25) is 5.26 Å². The Morgan fingerprint density at radius 3 is 2.31 bits per heavy atom. The van der Waals surface area contributed by atoms with Crippen LogP contribution in [0.15, 0.2) is 49.1 Å². The van der Waals surface area contributed by atoms with Crippen molar-refractivity contribution in [2.75, 3.05) is 0 Å². The highest BCUT2D eigenvalue weighted by molar-refractivity contribution is 5.31. The van der Waals surface area contributed by atoms with Crippen LogP contribution in [0.5, 0.6) is 0 Å². The molecule has 0 aromatic heterocycles. The summed E-state index contributed by atoms with van der Waals surface area (Å²) in [4.78, 5) is 4.35. The quantitative estimate of drug-likeness (QED) is 0.400. The van der Waals surface area contributed by atoms with E-state index in [4.69, 9.17) is 5.26 Å². The molecule has 13 heavy (non-hydrogen) atoms. The molecule has 2 nitrogen and oxygen atoms in total. The lowest BCUT2D eigenvalue weighted by Gasteiger charge is -2.21. The third-order valence-electron chi connectivity index (χ3n) is 1.63. The number of hydrogen-bond acceptors (Lipinski definition) is 2. The summed E-state index contributed by atoms with van der Waals surface area (Å²) in [6.07, 6.45) is 8.66. The van der Waals surface area contributed by atoms with Gasteiger partial charge < -0.3 is 0 Å². The van der Waals surface area contributed by atoms with Gasteiger partial charge in [0.05, 0.1) is 0 Å². The first-order valence-corrected chi connectivity index (χ1v) is 4.03. The lowest BCUT2D eigenvalue weighted by Crippen LogP contribution is -2.24. The van der Waals surface area contributed by atoms with E-state index in [1.165, 1.54) is 0 Å². The van der Waals surface area contributed by atoms with Crippen molar-refractivity contribution in [3.05, 3.63) is 49.1 Å². The second-order valence-electron chi connectivity index (χ2n) is 3.05. The lowest BCUT2D eigenvalue weighted by atomic mass is 9.97. The largest absolute Gasteiger partial charge is 0.251 e. The maximum atomic E-state index is 8.66. The molecule has 0 spiro atoms. The fourth-order valence-electron chi connectivity index (χ4n) is 0.808. The fourth-order valence-corrected chi connectivity index (χ4v) is 0.808. The molecule has 0 aromatic rings. The molecule has 2 heteroatoms. The van der Waals surface area contributed by atoms with Crippen molar-refractivity contribution in [1.82, 2.24) is 0 Å². The standard InChI is InChI=1S/C11H16O2/c1-5-7-9-10(8-6-2)11(3,4)13-12/h5-9,12H,1-2H2,3-4H3/b9-7-,10-8+. The van der Waals surface area contributed by atoms with E-state index >= 15 is 0 Å². The van der Waals surface area contributed by atoms with Crippen LogP contribution in [0.4, 0.5) is 0 Å². The van der Waals surface area contributed by atoms with Crippen LogP contribution in [0.2, 0.25) is 0 Å². The molecule has 0 aliphatic heterocycles. The van der Waals surface area contributed by atoms with Crippen LogP contribution in [0, 0.1) is 0 Å². The summed E-state index contributed by atoms with van der Waals surface area (Å²) >= 11 is 0. The third-order valence-corrected chi connectivity index (χ3v) is 1.63. The average molecular weight is 180 g/mol. The van der Waals surface area contributed by atoms with Gasteiger partial charge in [-0.2, -0.15) is 0 Å². The van der Waals surface area contributed by atoms with E-state index in [2.05, 4.69) is 18.0 Å². The van der Waals surface area contributed by atoms with Gasteiger partial charge >= 0.3 is 0 Å². The van der Waals surface area contributed by atoms with Gasteiger partial charge in [0.25, 0.3) is 0 Å². The molecular weight excluding hydrogens is 164 g/mol. The Hall–Kier alpha value is -1.12. The Morgan fingerprint density at radius 1 is 1.31 bits per heavy atom. The van der Waals surface area contributed by atoms with E-state index in [0.29, 0.717) is 0 Å². The summed E-state index contributed by atoms with van der Waals surface area (Å²) in [6, 6.07) is 0. The SMILES string of the molecule is C=C/C=C\C(=C/C=C)C(C)(C)OO. The van der Waals surface area contributed by atoms with Gasteiger partial charge in [0.15, 0.2) is 0 Å². The second-order valence-corrected chi connectivity index (χ2v) is 3.05. The second kappa shape index (κ2) is 5.51. The molecule has 1 N–H and O–H groups in total. The molecule has 0 bridgehead atoms. The predicted molar refractivity (Wildman–Crippen MR) is 55.4 cm³/mol. The van der Waals surface area contributed by atoms with Crippen LogP contribution < -0.4 is 0 Å². The van der Waals surface area contributed by atoms with Crippen molar-refractivity contribution in [3.8, 4) is 0 Å².